The lowest BCUT2D eigenvalue weighted by Crippen LogP contribution is -2.22. The molecule has 0 fully saturated rings. The predicted octanol–water partition coefficient (Wildman–Crippen LogP) is 3.61. The molecule has 4 heteroatoms. The van der Waals surface area contributed by atoms with Gasteiger partial charge in [0.2, 0.25) is 0 Å². The van der Waals surface area contributed by atoms with Crippen molar-refractivity contribution < 1.29 is 9.84 Å². The van der Waals surface area contributed by atoms with E-state index in [0.29, 0.717) is 6.42 Å². The first-order valence-corrected chi connectivity index (χ1v) is 7.57. The van der Waals surface area contributed by atoms with E-state index in [1.54, 1.807) is 7.11 Å². The highest BCUT2D eigenvalue weighted by Crippen LogP contribution is 2.30. The third-order valence-electron chi connectivity index (χ3n) is 3.23. The molecule has 0 bridgehead atoms. The smallest absolute Gasteiger partial charge is 0.124 e. The highest BCUT2D eigenvalue weighted by atomic mass is 79.9. The van der Waals surface area contributed by atoms with E-state index < -0.39 is 6.10 Å². The van der Waals surface area contributed by atoms with Gasteiger partial charge in [-0.05, 0) is 44.6 Å². The zero-order chi connectivity index (χ0) is 14.3. The maximum Gasteiger partial charge on any atom is 0.124 e. The summed E-state index contributed by atoms with van der Waals surface area (Å²) in [6.45, 7) is 4.16. The van der Waals surface area contributed by atoms with Crippen molar-refractivity contribution in [2.45, 2.75) is 32.3 Å². The molecule has 1 aromatic rings. The minimum Gasteiger partial charge on any atom is -0.496 e. The number of ether oxygens (including phenoxy) is 1. The Labute approximate surface area is 124 Å². The molecular formula is C15H24BrNO2. The van der Waals surface area contributed by atoms with Crippen LogP contribution in [-0.4, -0.2) is 37.3 Å². The lowest BCUT2D eigenvalue weighted by atomic mass is 10.1. The van der Waals surface area contributed by atoms with Crippen LogP contribution in [0, 0.1) is 0 Å². The number of rotatable bonds is 8. The van der Waals surface area contributed by atoms with E-state index >= 15 is 0 Å². The van der Waals surface area contributed by atoms with Crippen LogP contribution in [0.15, 0.2) is 22.7 Å². The van der Waals surface area contributed by atoms with Gasteiger partial charge in [-0.15, -0.1) is 0 Å². The Morgan fingerprint density at radius 1 is 1.37 bits per heavy atom. The summed E-state index contributed by atoms with van der Waals surface area (Å²) in [6, 6.07) is 5.72. The van der Waals surface area contributed by atoms with Crippen LogP contribution < -0.4 is 4.74 Å². The monoisotopic (exact) mass is 329 g/mol. The van der Waals surface area contributed by atoms with E-state index in [4.69, 9.17) is 4.74 Å². The summed E-state index contributed by atoms with van der Waals surface area (Å²) in [4.78, 5) is 2.26. The Morgan fingerprint density at radius 2 is 2.11 bits per heavy atom. The lowest BCUT2D eigenvalue weighted by molar-refractivity contribution is 0.145. The Kier molecular flexibility index (Phi) is 7.42. The van der Waals surface area contributed by atoms with Gasteiger partial charge >= 0.3 is 0 Å². The number of hydrogen-bond donors (Lipinski definition) is 1. The summed E-state index contributed by atoms with van der Waals surface area (Å²) in [5.41, 5.74) is 0.848. The summed E-state index contributed by atoms with van der Waals surface area (Å²) in [7, 11) is 3.73. The predicted molar refractivity (Wildman–Crippen MR) is 82.7 cm³/mol. The van der Waals surface area contributed by atoms with Crippen LogP contribution in [0.3, 0.4) is 0 Å². The van der Waals surface area contributed by atoms with Crippen LogP contribution in [0.1, 0.15) is 37.9 Å². The average Bonchev–Trinajstić information content (AvgIpc) is 2.42. The maximum atomic E-state index is 10.3. The van der Waals surface area contributed by atoms with Crippen molar-refractivity contribution in [3.05, 3.63) is 28.2 Å². The molecule has 1 N–H and O–H groups in total. The average molecular weight is 330 g/mol. The molecule has 1 unspecified atom stereocenters. The third kappa shape index (κ3) is 5.51. The molecular weight excluding hydrogens is 306 g/mol. The molecule has 19 heavy (non-hydrogen) atoms. The fourth-order valence-electron chi connectivity index (χ4n) is 2.00. The molecule has 0 saturated carbocycles. The second-order valence-electron chi connectivity index (χ2n) is 4.85. The zero-order valence-electron chi connectivity index (χ0n) is 12.0. The van der Waals surface area contributed by atoms with Gasteiger partial charge in [0.25, 0.3) is 0 Å². The highest BCUT2D eigenvalue weighted by Gasteiger charge is 2.14. The molecule has 0 aromatic heterocycles. The fourth-order valence-corrected chi connectivity index (χ4v) is 2.38. The van der Waals surface area contributed by atoms with Crippen LogP contribution in [0.4, 0.5) is 0 Å². The Balaban J connectivity index is 2.57. The summed E-state index contributed by atoms with van der Waals surface area (Å²) in [6.07, 6.45) is 2.63. The maximum absolute atomic E-state index is 10.3. The van der Waals surface area contributed by atoms with Crippen molar-refractivity contribution in [1.29, 1.82) is 0 Å². The molecule has 0 aliphatic carbocycles. The number of methoxy groups -OCH3 is 1. The van der Waals surface area contributed by atoms with Gasteiger partial charge in [-0.25, -0.2) is 0 Å². The van der Waals surface area contributed by atoms with Gasteiger partial charge in [-0.2, -0.15) is 0 Å². The SMILES string of the molecule is CCCCN(C)CCC(O)c1cc(Br)ccc1OC. The van der Waals surface area contributed by atoms with Gasteiger partial charge in [0.1, 0.15) is 5.75 Å². The fraction of sp³-hybridized carbons (Fsp3) is 0.600. The van der Waals surface area contributed by atoms with Crippen LogP contribution in [0.2, 0.25) is 0 Å². The molecule has 0 saturated heterocycles. The first-order valence-electron chi connectivity index (χ1n) is 6.78. The Morgan fingerprint density at radius 3 is 2.74 bits per heavy atom. The van der Waals surface area contributed by atoms with E-state index in [0.717, 1.165) is 28.9 Å². The van der Waals surface area contributed by atoms with E-state index in [1.807, 2.05) is 18.2 Å². The molecule has 1 rings (SSSR count). The lowest BCUT2D eigenvalue weighted by Gasteiger charge is -2.20. The molecule has 0 spiro atoms. The van der Waals surface area contributed by atoms with Crippen molar-refractivity contribution in [2.75, 3.05) is 27.2 Å². The molecule has 108 valence electrons. The van der Waals surface area contributed by atoms with Crippen LogP contribution in [-0.2, 0) is 0 Å². The number of aliphatic hydroxyl groups is 1. The largest absolute Gasteiger partial charge is 0.496 e. The molecule has 1 atom stereocenters. The van der Waals surface area contributed by atoms with Crippen molar-refractivity contribution in [2.24, 2.45) is 0 Å². The Bertz CT molecular complexity index is 384. The molecule has 0 amide bonds. The topological polar surface area (TPSA) is 32.7 Å². The van der Waals surface area contributed by atoms with E-state index in [-0.39, 0.29) is 0 Å². The summed E-state index contributed by atoms with van der Waals surface area (Å²) in [5.74, 6) is 0.743. The van der Waals surface area contributed by atoms with E-state index in [1.165, 1.54) is 12.8 Å². The van der Waals surface area contributed by atoms with E-state index in [2.05, 4.69) is 34.8 Å². The number of unbranched alkanes of at least 4 members (excludes halogenated alkanes) is 1. The summed E-state index contributed by atoms with van der Waals surface area (Å²) >= 11 is 3.43. The molecule has 0 aliphatic rings. The molecule has 1 aromatic carbocycles. The van der Waals surface area contributed by atoms with Crippen LogP contribution >= 0.6 is 15.9 Å². The molecule has 3 nitrogen and oxygen atoms in total. The minimum atomic E-state index is -0.489. The van der Waals surface area contributed by atoms with Gasteiger partial charge in [0.05, 0.1) is 13.2 Å². The van der Waals surface area contributed by atoms with E-state index in [9.17, 15) is 5.11 Å². The van der Waals surface area contributed by atoms with Gasteiger partial charge in [-0.1, -0.05) is 29.3 Å². The van der Waals surface area contributed by atoms with Gasteiger partial charge in [0, 0.05) is 16.6 Å². The Hall–Kier alpha value is -0.580. The second kappa shape index (κ2) is 8.56. The summed E-state index contributed by atoms with van der Waals surface area (Å²) < 4.78 is 6.26. The quantitative estimate of drug-likeness (QED) is 0.790. The standard InChI is InChI=1S/C15H24BrNO2/c1-4-5-9-17(2)10-8-14(18)13-11-12(16)6-7-15(13)19-3/h6-7,11,14,18H,4-5,8-10H2,1-3H3. The third-order valence-corrected chi connectivity index (χ3v) is 3.72. The van der Waals surface area contributed by atoms with Crippen molar-refractivity contribution in [3.63, 3.8) is 0 Å². The normalized spacial score (nSPS) is 12.7. The van der Waals surface area contributed by atoms with Gasteiger partial charge in [-0.3, -0.25) is 0 Å². The molecule has 0 radical (unpaired) electrons. The first-order chi connectivity index (χ1) is 9.08. The molecule has 0 aliphatic heterocycles. The second-order valence-corrected chi connectivity index (χ2v) is 5.76. The van der Waals surface area contributed by atoms with Crippen molar-refractivity contribution in [3.8, 4) is 5.75 Å². The van der Waals surface area contributed by atoms with Gasteiger partial charge in [0.15, 0.2) is 0 Å². The zero-order valence-corrected chi connectivity index (χ0v) is 13.6. The summed E-state index contributed by atoms with van der Waals surface area (Å²) in [5, 5.41) is 10.3. The van der Waals surface area contributed by atoms with Crippen molar-refractivity contribution >= 4 is 15.9 Å². The van der Waals surface area contributed by atoms with Crippen LogP contribution in [0.25, 0.3) is 0 Å². The van der Waals surface area contributed by atoms with Gasteiger partial charge < -0.3 is 14.7 Å². The minimum absolute atomic E-state index is 0.489. The number of hydrogen-bond acceptors (Lipinski definition) is 3. The van der Waals surface area contributed by atoms with Crippen LogP contribution in [0.5, 0.6) is 5.75 Å². The number of benzene rings is 1. The number of nitrogens with zero attached hydrogens (tertiary/aromatic N) is 1. The first kappa shape index (κ1) is 16.5. The molecule has 0 heterocycles. The number of halogens is 1. The number of aliphatic hydroxyl groups excluding tert-OH is 1. The van der Waals surface area contributed by atoms with Crippen molar-refractivity contribution in [1.82, 2.24) is 4.90 Å². The highest BCUT2D eigenvalue weighted by molar-refractivity contribution is 9.10.